The number of H-pyrrole nitrogens is 2. The highest BCUT2D eigenvalue weighted by Gasteiger charge is 2.10. The van der Waals surface area contributed by atoms with Crippen molar-refractivity contribution in [2.24, 2.45) is 0 Å². The van der Waals surface area contributed by atoms with E-state index in [0.29, 0.717) is 6.42 Å². The fourth-order valence-electron chi connectivity index (χ4n) is 3.77. The molecule has 0 aliphatic heterocycles. The molecule has 5 heteroatoms. The molecule has 30 heavy (non-hydrogen) atoms. The minimum atomic E-state index is -0.0396. The van der Waals surface area contributed by atoms with Gasteiger partial charge in [0.2, 0.25) is 5.91 Å². The van der Waals surface area contributed by atoms with Gasteiger partial charge in [0, 0.05) is 28.4 Å². The maximum Gasteiger partial charge on any atom is 0.228 e. The first-order valence-corrected chi connectivity index (χ1v) is 9.99. The molecule has 2 aromatic heterocycles. The highest BCUT2D eigenvalue weighted by Crippen LogP contribution is 2.24. The number of aryl methyl sites for hydroxylation is 2. The number of benzene rings is 3. The monoisotopic (exact) mass is 394 g/mol. The van der Waals surface area contributed by atoms with Gasteiger partial charge in [-0.3, -0.25) is 4.79 Å². The molecule has 148 valence electrons. The first-order chi connectivity index (χ1) is 14.6. The number of hydrogen-bond donors (Lipinski definition) is 3. The number of fused-ring (bicyclic) bond motifs is 2. The molecule has 5 nitrogen and oxygen atoms in total. The summed E-state index contributed by atoms with van der Waals surface area (Å²) < 4.78 is 0. The molecule has 0 aliphatic carbocycles. The van der Waals surface area contributed by atoms with E-state index in [1.54, 1.807) is 0 Å². The van der Waals surface area contributed by atoms with Gasteiger partial charge in [0.1, 0.15) is 5.82 Å². The van der Waals surface area contributed by atoms with Gasteiger partial charge in [0.15, 0.2) is 0 Å². The second-order valence-electron chi connectivity index (χ2n) is 7.70. The van der Waals surface area contributed by atoms with Crippen molar-refractivity contribution in [1.82, 2.24) is 15.0 Å². The molecule has 0 unspecified atom stereocenters. The quantitative estimate of drug-likeness (QED) is 0.376. The Kier molecular flexibility index (Phi) is 4.36. The Morgan fingerprint density at radius 1 is 0.967 bits per heavy atom. The lowest BCUT2D eigenvalue weighted by molar-refractivity contribution is -0.115. The molecule has 3 aromatic carbocycles. The number of imidazole rings is 1. The lowest BCUT2D eigenvalue weighted by atomic mass is 10.1. The molecule has 0 bridgehead atoms. The number of anilines is 1. The molecule has 0 aliphatic rings. The minimum Gasteiger partial charge on any atom is -0.361 e. The van der Waals surface area contributed by atoms with Gasteiger partial charge in [-0.05, 0) is 73.0 Å². The van der Waals surface area contributed by atoms with Crippen molar-refractivity contribution < 1.29 is 4.79 Å². The molecule has 3 N–H and O–H groups in total. The van der Waals surface area contributed by atoms with Crippen molar-refractivity contribution in [3.8, 4) is 11.4 Å². The highest BCUT2D eigenvalue weighted by molar-refractivity contribution is 5.96. The molecule has 5 aromatic rings. The van der Waals surface area contributed by atoms with Gasteiger partial charge in [-0.1, -0.05) is 18.2 Å². The molecule has 5 rings (SSSR count). The first-order valence-electron chi connectivity index (χ1n) is 9.99. The van der Waals surface area contributed by atoms with Crippen LogP contribution in [0.25, 0.3) is 33.3 Å². The van der Waals surface area contributed by atoms with Gasteiger partial charge < -0.3 is 15.3 Å². The summed E-state index contributed by atoms with van der Waals surface area (Å²) in [5, 5.41) is 4.06. The predicted octanol–water partition coefficient (Wildman–Crippen LogP) is 5.51. The van der Waals surface area contributed by atoms with E-state index in [2.05, 4.69) is 41.3 Å². The maximum absolute atomic E-state index is 12.5. The Morgan fingerprint density at radius 2 is 1.73 bits per heavy atom. The van der Waals surface area contributed by atoms with Gasteiger partial charge in [-0.2, -0.15) is 0 Å². The van der Waals surface area contributed by atoms with Crippen LogP contribution in [0.4, 0.5) is 5.69 Å². The number of nitrogens with zero attached hydrogens (tertiary/aromatic N) is 1. The smallest absolute Gasteiger partial charge is 0.228 e. The summed E-state index contributed by atoms with van der Waals surface area (Å²) in [4.78, 5) is 23.8. The van der Waals surface area contributed by atoms with Crippen LogP contribution in [0.3, 0.4) is 0 Å². The van der Waals surface area contributed by atoms with Crippen LogP contribution in [0, 0.1) is 13.8 Å². The summed E-state index contributed by atoms with van der Waals surface area (Å²) >= 11 is 0. The molecule has 0 saturated heterocycles. The molecule has 1 amide bonds. The summed E-state index contributed by atoms with van der Waals surface area (Å²) in [6, 6.07) is 20.0. The number of nitrogens with one attached hydrogen (secondary N) is 3. The number of aromatic amines is 2. The van der Waals surface area contributed by atoms with Crippen LogP contribution in [0.2, 0.25) is 0 Å². The van der Waals surface area contributed by atoms with Gasteiger partial charge in [0.25, 0.3) is 0 Å². The van der Waals surface area contributed by atoms with Gasteiger partial charge in [-0.15, -0.1) is 0 Å². The largest absolute Gasteiger partial charge is 0.361 e. The lowest BCUT2D eigenvalue weighted by Crippen LogP contribution is -2.14. The average Bonchev–Trinajstić information content (AvgIpc) is 3.33. The fourth-order valence-corrected chi connectivity index (χ4v) is 3.77. The third-order valence-corrected chi connectivity index (χ3v) is 5.57. The first kappa shape index (κ1) is 18.2. The zero-order valence-corrected chi connectivity index (χ0v) is 16.9. The van der Waals surface area contributed by atoms with Crippen molar-refractivity contribution in [3.63, 3.8) is 0 Å². The Morgan fingerprint density at radius 3 is 2.57 bits per heavy atom. The van der Waals surface area contributed by atoms with Crippen LogP contribution in [0.5, 0.6) is 0 Å². The second-order valence-corrected chi connectivity index (χ2v) is 7.70. The standard InChI is InChI=1S/C25H22N4O/c1-15-11-22-23(12-16(15)2)29-25(28-22)17-7-9-19(10-8-17)27-24(30)13-18-14-26-21-6-4-3-5-20(18)21/h3-12,14,26H,13H2,1-2H3,(H,27,30)(H,28,29). The second kappa shape index (κ2) is 7.19. The van der Waals surface area contributed by atoms with Crippen molar-refractivity contribution in [3.05, 3.63) is 83.6 Å². The van der Waals surface area contributed by atoms with E-state index in [1.807, 2.05) is 54.7 Å². The van der Waals surface area contributed by atoms with Crippen LogP contribution in [-0.2, 0) is 11.2 Å². The molecule has 0 radical (unpaired) electrons. The highest BCUT2D eigenvalue weighted by atomic mass is 16.1. The zero-order chi connectivity index (χ0) is 20.7. The van der Waals surface area contributed by atoms with E-state index < -0.39 is 0 Å². The van der Waals surface area contributed by atoms with Crippen LogP contribution >= 0.6 is 0 Å². The average molecular weight is 394 g/mol. The van der Waals surface area contributed by atoms with E-state index in [-0.39, 0.29) is 5.91 Å². The molecule has 2 heterocycles. The van der Waals surface area contributed by atoms with Crippen molar-refractivity contribution in [1.29, 1.82) is 0 Å². The van der Waals surface area contributed by atoms with E-state index in [1.165, 1.54) is 11.1 Å². The third-order valence-electron chi connectivity index (χ3n) is 5.57. The molecular weight excluding hydrogens is 372 g/mol. The molecule has 0 atom stereocenters. The Hall–Kier alpha value is -3.86. The Bertz CT molecular complexity index is 1340. The van der Waals surface area contributed by atoms with Crippen molar-refractivity contribution in [2.45, 2.75) is 20.3 Å². The van der Waals surface area contributed by atoms with E-state index >= 15 is 0 Å². The number of para-hydroxylation sites is 1. The molecular formula is C25H22N4O. The number of amides is 1. The SMILES string of the molecule is Cc1cc2nc(-c3ccc(NC(=O)Cc4c[nH]c5ccccc45)cc3)[nH]c2cc1C. The van der Waals surface area contributed by atoms with E-state index in [0.717, 1.165) is 44.6 Å². The van der Waals surface area contributed by atoms with Gasteiger partial charge >= 0.3 is 0 Å². The minimum absolute atomic E-state index is 0.0396. The number of rotatable bonds is 4. The van der Waals surface area contributed by atoms with E-state index in [9.17, 15) is 4.79 Å². The predicted molar refractivity (Wildman–Crippen MR) is 122 cm³/mol. The molecule has 0 fully saturated rings. The number of carbonyl (C=O) groups is 1. The van der Waals surface area contributed by atoms with Crippen molar-refractivity contribution >= 4 is 33.5 Å². The zero-order valence-electron chi connectivity index (χ0n) is 16.9. The lowest BCUT2D eigenvalue weighted by Gasteiger charge is -2.06. The number of carbonyl (C=O) groups excluding carboxylic acids is 1. The summed E-state index contributed by atoms with van der Waals surface area (Å²) in [5.41, 5.74) is 8.25. The van der Waals surface area contributed by atoms with Gasteiger partial charge in [-0.25, -0.2) is 4.98 Å². The van der Waals surface area contributed by atoms with Crippen LogP contribution in [-0.4, -0.2) is 20.9 Å². The number of hydrogen-bond acceptors (Lipinski definition) is 2. The number of aromatic nitrogens is 3. The Balaban J connectivity index is 1.32. The van der Waals surface area contributed by atoms with Crippen LogP contribution in [0.15, 0.2) is 66.9 Å². The summed E-state index contributed by atoms with van der Waals surface area (Å²) in [5.74, 6) is 0.786. The van der Waals surface area contributed by atoms with Gasteiger partial charge in [0.05, 0.1) is 17.5 Å². The van der Waals surface area contributed by atoms with E-state index in [4.69, 9.17) is 4.98 Å². The maximum atomic E-state index is 12.5. The normalized spacial score (nSPS) is 11.3. The Labute approximate surface area is 174 Å². The summed E-state index contributed by atoms with van der Waals surface area (Å²) in [6.45, 7) is 4.19. The molecule has 0 spiro atoms. The van der Waals surface area contributed by atoms with Crippen LogP contribution < -0.4 is 5.32 Å². The molecule has 0 saturated carbocycles. The van der Waals surface area contributed by atoms with Crippen molar-refractivity contribution in [2.75, 3.05) is 5.32 Å². The third kappa shape index (κ3) is 3.35. The topological polar surface area (TPSA) is 73.6 Å². The fraction of sp³-hybridized carbons (Fsp3) is 0.120. The van der Waals surface area contributed by atoms with Crippen LogP contribution in [0.1, 0.15) is 16.7 Å². The summed E-state index contributed by atoms with van der Waals surface area (Å²) in [6.07, 6.45) is 2.23. The summed E-state index contributed by atoms with van der Waals surface area (Å²) in [7, 11) is 0.